The molecule has 342 valence electrons. The van der Waals surface area contributed by atoms with E-state index in [0.717, 1.165) is 62.0 Å². The molecule has 3 amide bonds. The molecule has 17 heteroatoms. The Bertz CT molecular complexity index is 2980. The van der Waals surface area contributed by atoms with E-state index in [1.165, 1.54) is 15.4 Å². The van der Waals surface area contributed by atoms with Crippen molar-refractivity contribution in [3.8, 4) is 34.5 Å². The lowest BCUT2D eigenvalue weighted by Crippen LogP contribution is -2.45. The molecule has 3 aliphatic heterocycles. The first-order valence-corrected chi connectivity index (χ1v) is 22.8. The van der Waals surface area contributed by atoms with Crippen LogP contribution in [0.25, 0.3) is 33.4 Å². The fourth-order valence-electron chi connectivity index (χ4n) is 9.28. The summed E-state index contributed by atoms with van der Waals surface area (Å²) in [6.45, 7) is 7.01. The Kier molecular flexibility index (Phi) is 13.2. The van der Waals surface area contributed by atoms with Gasteiger partial charge in [-0.1, -0.05) is 42.5 Å². The van der Waals surface area contributed by atoms with Gasteiger partial charge in [0.05, 0.1) is 60.5 Å². The van der Waals surface area contributed by atoms with Gasteiger partial charge in [-0.3, -0.25) is 29.3 Å². The first kappa shape index (κ1) is 44.6. The molecule has 3 fully saturated rings. The first-order valence-electron chi connectivity index (χ1n) is 22.8. The number of imide groups is 1. The van der Waals surface area contributed by atoms with Crippen molar-refractivity contribution in [3.63, 3.8) is 0 Å². The number of piperidine rings is 3. The number of nitrogens with one attached hydrogen (secondary N) is 2. The minimum Gasteiger partial charge on any atom is -0.490 e. The van der Waals surface area contributed by atoms with Crippen molar-refractivity contribution in [3.05, 3.63) is 129 Å². The van der Waals surface area contributed by atoms with Gasteiger partial charge >= 0.3 is 0 Å². The molecular weight excluding hydrogens is 851 g/mol. The smallest absolute Gasteiger partial charge is 0.277 e. The summed E-state index contributed by atoms with van der Waals surface area (Å²) in [5, 5.41) is 24.8. The van der Waals surface area contributed by atoms with Gasteiger partial charge in [-0.05, 0) is 99.8 Å². The summed E-state index contributed by atoms with van der Waals surface area (Å²) in [5.74, 6) is 1.15. The number of benzene rings is 3. The molecule has 3 aromatic heterocycles. The van der Waals surface area contributed by atoms with Crippen molar-refractivity contribution in [2.75, 3.05) is 51.2 Å². The van der Waals surface area contributed by atoms with Crippen molar-refractivity contribution < 1.29 is 19.1 Å². The number of ether oxygens (including phenoxy) is 1. The predicted molar refractivity (Wildman–Crippen MR) is 250 cm³/mol. The Morgan fingerprint density at radius 1 is 0.851 bits per heavy atom. The van der Waals surface area contributed by atoms with Crippen LogP contribution >= 0.6 is 0 Å². The lowest BCUT2D eigenvalue weighted by atomic mass is 9.93. The maximum atomic E-state index is 13.7. The molecular formula is C50H51N11O6. The van der Waals surface area contributed by atoms with Crippen LogP contribution in [-0.4, -0.2) is 103 Å². The number of anilines is 1. The highest BCUT2D eigenvalue weighted by Gasteiger charge is 2.31. The van der Waals surface area contributed by atoms with Gasteiger partial charge < -0.3 is 19.9 Å². The number of hydrogen-bond acceptors (Lipinski definition) is 13. The summed E-state index contributed by atoms with van der Waals surface area (Å²) in [5.41, 5.74) is 3.97. The SMILES string of the molecule is Cc1nn(C2CCC(=O)NC2=O)c(=O)c2c(NCC(=O)N3CCC(CN4CCC(COc5cnc(-c6cccc(Cn7nc(-c8cccc(C#N)c8)ccc7=O)c6)nc5)CC4)CC3)cccc12. The van der Waals surface area contributed by atoms with E-state index in [4.69, 9.17) is 4.74 Å². The molecule has 3 aliphatic rings. The molecule has 0 bridgehead atoms. The van der Waals surface area contributed by atoms with Crippen LogP contribution in [0.4, 0.5) is 5.69 Å². The molecule has 0 spiro atoms. The molecule has 0 radical (unpaired) electrons. The Balaban J connectivity index is 0.708. The van der Waals surface area contributed by atoms with Crippen molar-refractivity contribution in [2.45, 2.75) is 58.0 Å². The number of likely N-dealkylation sites (tertiary alicyclic amines) is 2. The van der Waals surface area contributed by atoms with E-state index in [0.29, 0.717) is 76.5 Å². The van der Waals surface area contributed by atoms with Gasteiger partial charge in [-0.25, -0.2) is 19.3 Å². The number of fused-ring (bicyclic) bond motifs is 1. The van der Waals surface area contributed by atoms with Crippen molar-refractivity contribution >= 4 is 34.2 Å². The number of carbonyl (C=O) groups excluding carboxylic acids is 3. The molecule has 3 aromatic carbocycles. The Morgan fingerprint density at radius 2 is 1.60 bits per heavy atom. The lowest BCUT2D eigenvalue weighted by Gasteiger charge is -2.37. The third-order valence-electron chi connectivity index (χ3n) is 13.0. The maximum absolute atomic E-state index is 13.7. The molecule has 0 saturated carbocycles. The number of rotatable bonds is 13. The largest absolute Gasteiger partial charge is 0.490 e. The fraction of sp³-hybridized carbons (Fsp3) is 0.360. The van der Waals surface area contributed by atoms with E-state index in [1.54, 1.807) is 55.7 Å². The van der Waals surface area contributed by atoms with E-state index >= 15 is 0 Å². The zero-order chi connectivity index (χ0) is 46.4. The quantitative estimate of drug-likeness (QED) is 0.151. The Hall–Kier alpha value is -7.58. The van der Waals surface area contributed by atoms with E-state index in [-0.39, 0.29) is 43.3 Å². The van der Waals surface area contributed by atoms with Crippen molar-refractivity contribution in [1.29, 1.82) is 5.26 Å². The number of nitriles is 1. The zero-order valence-corrected chi connectivity index (χ0v) is 37.3. The van der Waals surface area contributed by atoms with Gasteiger partial charge in [0.2, 0.25) is 11.8 Å². The summed E-state index contributed by atoms with van der Waals surface area (Å²) in [7, 11) is 0. The van der Waals surface area contributed by atoms with Gasteiger partial charge in [0, 0.05) is 54.3 Å². The second kappa shape index (κ2) is 19.9. The highest BCUT2D eigenvalue weighted by atomic mass is 16.5. The summed E-state index contributed by atoms with van der Waals surface area (Å²) in [6.07, 6.45) is 7.64. The molecule has 17 nitrogen and oxygen atoms in total. The summed E-state index contributed by atoms with van der Waals surface area (Å²) in [4.78, 5) is 77.7. The number of hydrogen-bond donors (Lipinski definition) is 2. The Labute approximate surface area is 386 Å². The average Bonchev–Trinajstić information content (AvgIpc) is 3.35. The molecule has 1 unspecified atom stereocenters. The second-order valence-corrected chi connectivity index (χ2v) is 17.6. The molecule has 3 saturated heterocycles. The number of aromatic nitrogens is 6. The minimum atomic E-state index is -0.881. The van der Waals surface area contributed by atoms with Gasteiger partial charge in [-0.15, -0.1) is 0 Å². The highest BCUT2D eigenvalue weighted by Crippen LogP contribution is 2.27. The molecule has 0 aliphatic carbocycles. The minimum absolute atomic E-state index is 0.0326. The molecule has 1 atom stereocenters. The highest BCUT2D eigenvalue weighted by molar-refractivity contribution is 6.00. The second-order valence-electron chi connectivity index (χ2n) is 17.6. The van der Waals surface area contributed by atoms with Gasteiger partial charge in [-0.2, -0.15) is 15.5 Å². The number of amides is 3. The van der Waals surface area contributed by atoms with Crippen LogP contribution in [0.2, 0.25) is 0 Å². The fourth-order valence-corrected chi connectivity index (χ4v) is 9.28. The van der Waals surface area contributed by atoms with Crippen LogP contribution in [0.1, 0.15) is 61.4 Å². The number of carbonyl (C=O) groups is 3. The molecule has 6 heterocycles. The first-order chi connectivity index (χ1) is 32.6. The van der Waals surface area contributed by atoms with Gasteiger partial charge in [0.1, 0.15) is 6.04 Å². The van der Waals surface area contributed by atoms with Crippen LogP contribution in [0, 0.1) is 30.1 Å². The van der Waals surface area contributed by atoms with Crippen LogP contribution in [0.15, 0.2) is 101 Å². The topological polar surface area (TPSA) is 210 Å². The molecule has 6 aromatic rings. The summed E-state index contributed by atoms with van der Waals surface area (Å²) >= 11 is 0. The summed E-state index contributed by atoms with van der Waals surface area (Å²) in [6, 6.07) is 24.6. The van der Waals surface area contributed by atoms with E-state index in [9.17, 15) is 29.2 Å². The third-order valence-corrected chi connectivity index (χ3v) is 13.0. The van der Waals surface area contributed by atoms with Crippen LogP contribution < -0.4 is 26.5 Å². The predicted octanol–water partition coefficient (Wildman–Crippen LogP) is 4.72. The van der Waals surface area contributed by atoms with Crippen molar-refractivity contribution in [1.82, 2.24) is 44.6 Å². The van der Waals surface area contributed by atoms with Gasteiger partial charge in [0.15, 0.2) is 11.6 Å². The lowest BCUT2D eigenvalue weighted by molar-refractivity contribution is -0.136. The summed E-state index contributed by atoms with van der Waals surface area (Å²) < 4.78 is 8.74. The zero-order valence-electron chi connectivity index (χ0n) is 37.3. The maximum Gasteiger partial charge on any atom is 0.277 e. The normalized spacial score (nSPS) is 17.3. The average molecular weight is 902 g/mol. The van der Waals surface area contributed by atoms with E-state index in [1.807, 2.05) is 41.3 Å². The van der Waals surface area contributed by atoms with Crippen molar-refractivity contribution in [2.24, 2.45) is 11.8 Å². The van der Waals surface area contributed by atoms with Crippen LogP contribution in [-0.2, 0) is 20.9 Å². The standard InChI is InChI=1S/C50H51N11O6/c1-32-40-9-4-10-42(47(40)50(66)61(56-32)43-12-13-44(62)55-49(43)65)52-28-46(64)59-21-17-33(18-22-59)29-58-19-15-34(16-20-58)31-67-39-26-53-48(54-27-39)38-8-3-6-36(24-38)30-60-45(63)14-11-41(57-60)37-7-2-5-35(23-37)25-51/h2-11,14,23-24,26-27,33-34,43,52H,12-13,15-22,28-31H2,1H3,(H,55,62,65). The monoisotopic (exact) mass is 901 g/mol. The molecule has 9 rings (SSSR count). The van der Waals surface area contributed by atoms with E-state index in [2.05, 4.69) is 41.8 Å². The van der Waals surface area contributed by atoms with E-state index < -0.39 is 17.5 Å². The van der Waals surface area contributed by atoms with Gasteiger partial charge in [0.25, 0.3) is 17.0 Å². The number of nitrogens with zero attached hydrogens (tertiary/aromatic N) is 9. The van der Waals surface area contributed by atoms with Crippen LogP contribution in [0.5, 0.6) is 5.75 Å². The molecule has 67 heavy (non-hydrogen) atoms. The number of aryl methyl sites for hydroxylation is 1. The molecule has 2 N–H and O–H groups in total. The van der Waals surface area contributed by atoms with Crippen LogP contribution in [0.3, 0.4) is 0 Å². The third kappa shape index (κ3) is 10.3. The Morgan fingerprint density at radius 3 is 2.37 bits per heavy atom.